The van der Waals surface area contributed by atoms with Crippen LogP contribution in [-0.2, 0) is 0 Å². The number of quaternary nitrogens is 2. The first-order chi connectivity index (χ1) is 10.5. The van der Waals surface area contributed by atoms with Gasteiger partial charge in [-0.25, -0.2) is 0 Å². The highest BCUT2D eigenvalue weighted by Crippen LogP contribution is 2.13. The Bertz CT molecular complexity index is 475. The molecule has 1 aromatic rings. The van der Waals surface area contributed by atoms with Crippen molar-refractivity contribution in [3.05, 3.63) is 29.3 Å². The van der Waals surface area contributed by atoms with Gasteiger partial charge >= 0.3 is 0 Å². The van der Waals surface area contributed by atoms with Crippen molar-refractivity contribution >= 4 is 23.0 Å². The summed E-state index contributed by atoms with van der Waals surface area (Å²) in [6, 6.07) is 6.41. The molecule has 0 amide bonds. The van der Waals surface area contributed by atoms with E-state index in [0.29, 0.717) is 0 Å². The molecule has 4 nitrogen and oxygen atoms in total. The first-order valence-electron chi connectivity index (χ1n) is 8.31. The van der Waals surface area contributed by atoms with Crippen molar-refractivity contribution in [1.82, 2.24) is 5.32 Å². The van der Waals surface area contributed by atoms with Crippen LogP contribution in [0.3, 0.4) is 0 Å². The second-order valence-electron chi connectivity index (χ2n) is 6.57. The zero-order valence-electron chi connectivity index (χ0n) is 14.1. The highest BCUT2D eigenvalue weighted by atomic mass is 32.1. The second-order valence-corrected chi connectivity index (χ2v) is 6.98. The zero-order valence-corrected chi connectivity index (χ0v) is 14.9. The maximum atomic E-state index is 5.38. The topological polar surface area (TPSA) is 32.9 Å². The Morgan fingerprint density at radius 2 is 1.73 bits per heavy atom. The molecule has 1 saturated heterocycles. The predicted octanol–water partition coefficient (Wildman–Crippen LogP) is -0.607. The maximum absolute atomic E-state index is 5.38. The Balaban J connectivity index is 1.63. The van der Waals surface area contributed by atoms with E-state index in [1.807, 2.05) is 0 Å². The zero-order chi connectivity index (χ0) is 15.9. The van der Waals surface area contributed by atoms with Crippen LogP contribution >= 0.6 is 12.2 Å². The lowest BCUT2D eigenvalue weighted by atomic mass is 10.1. The van der Waals surface area contributed by atoms with Crippen LogP contribution in [0.5, 0.6) is 0 Å². The molecule has 1 aliphatic heterocycles. The number of hydrogen-bond acceptors (Lipinski definition) is 1. The molecule has 122 valence electrons. The molecule has 22 heavy (non-hydrogen) atoms. The predicted molar refractivity (Wildman–Crippen MR) is 96.9 cm³/mol. The van der Waals surface area contributed by atoms with Crippen molar-refractivity contribution in [3.8, 4) is 0 Å². The van der Waals surface area contributed by atoms with Crippen LogP contribution in [0.2, 0.25) is 0 Å². The normalized spacial score (nSPS) is 21.4. The van der Waals surface area contributed by atoms with Gasteiger partial charge in [0.1, 0.15) is 26.2 Å². The second kappa shape index (κ2) is 8.46. The van der Waals surface area contributed by atoms with E-state index in [1.54, 1.807) is 9.80 Å². The maximum Gasteiger partial charge on any atom is 0.170 e. The molecule has 1 aromatic carbocycles. The van der Waals surface area contributed by atoms with E-state index in [9.17, 15) is 0 Å². The minimum absolute atomic E-state index is 0.725. The van der Waals surface area contributed by atoms with Crippen molar-refractivity contribution in [3.63, 3.8) is 0 Å². The molecule has 0 radical (unpaired) electrons. The number of anilines is 1. The van der Waals surface area contributed by atoms with E-state index in [2.05, 4.69) is 49.7 Å². The van der Waals surface area contributed by atoms with E-state index in [1.165, 1.54) is 50.3 Å². The van der Waals surface area contributed by atoms with Crippen LogP contribution < -0.4 is 20.4 Å². The number of likely N-dealkylation sites (N-methyl/N-ethyl adjacent to an activating group) is 1. The third-order valence-corrected chi connectivity index (χ3v) is 4.53. The molecule has 5 heteroatoms. The number of hydrogen-bond donors (Lipinski definition) is 4. The molecule has 0 unspecified atom stereocenters. The highest BCUT2D eigenvalue weighted by Gasteiger charge is 2.18. The minimum atomic E-state index is 0.725. The summed E-state index contributed by atoms with van der Waals surface area (Å²) in [4.78, 5) is 3.40. The van der Waals surface area contributed by atoms with Crippen molar-refractivity contribution in [2.75, 3.05) is 51.6 Å². The van der Waals surface area contributed by atoms with Gasteiger partial charge in [0.15, 0.2) is 5.11 Å². The van der Waals surface area contributed by atoms with Crippen molar-refractivity contribution in [1.29, 1.82) is 0 Å². The molecule has 0 aromatic heterocycles. The van der Waals surface area contributed by atoms with Crippen molar-refractivity contribution in [2.45, 2.75) is 20.3 Å². The lowest BCUT2D eigenvalue weighted by molar-refractivity contribution is -1.00. The average molecular weight is 323 g/mol. The molecule has 1 heterocycles. The van der Waals surface area contributed by atoms with Gasteiger partial charge in [0.05, 0.1) is 13.6 Å². The fraction of sp³-hybridized carbons (Fsp3) is 0.588. The Morgan fingerprint density at radius 3 is 2.36 bits per heavy atom. The van der Waals surface area contributed by atoms with Gasteiger partial charge in [0, 0.05) is 18.7 Å². The first kappa shape index (κ1) is 17.2. The van der Waals surface area contributed by atoms with Crippen LogP contribution in [0, 0.1) is 13.8 Å². The Morgan fingerprint density at radius 1 is 1.09 bits per heavy atom. The van der Waals surface area contributed by atoms with Crippen LogP contribution in [0.1, 0.15) is 17.5 Å². The summed E-state index contributed by atoms with van der Waals surface area (Å²) in [5, 5.41) is 7.32. The van der Waals surface area contributed by atoms with Gasteiger partial charge in [0.2, 0.25) is 0 Å². The highest BCUT2D eigenvalue weighted by molar-refractivity contribution is 7.80. The van der Waals surface area contributed by atoms with Crippen LogP contribution in [0.25, 0.3) is 0 Å². The quantitative estimate of drug-likeness (QED) is 0.431. The van der Waals surface area contributed by atoms with E-state index < -0.39 is 0 Å². The lowest BCUT2D eigenvalue weighted by Crippen LogP contribution is -3.27. The molecular weight excluding hydrogens is 292 g/mol. The summed E-state index contributed by atoms with van der Waals surface area (Å²) in [5.41, 5.74) is 3.58. The van der Waals surface area contributed by atoms with Gasteiger partial charge in [0.25, 0.3) is 0 Å². The van der Waals surface area contributed by atoms with Gasteiger partial charge in [-0.2, -0.15) is 0 Å². The average Bonchev–Trinajstić information content (AvgIpc) is 2.44. The number of nitrogens with one attached hydrogen (secondary N) is 4. The molecule has 0 aliphatic carbocycles. The Kier molecular flexibility index (Phi) is 6.61. The Hall–Kier alpha value is -1.17. The third-order valence-electron chi connectivity index (χ3n) is 4.28. The van der Waals surface area contributed by atoms with E-state index in [-0.39, 0.29) is 0 Å². The Labute approximate surface area is 139 Å². The van der Waals surface area contributed by atoms with Gasteiger partial charge < -0.3 is 20.4 Å². The van der Waals surface area contributed by atoms with Crippen LogP contribution in [-0.4, -0.2) is 51.4 Å². The molecule has 4 N–H and O–H groups in total. The molecule has 2 rings (SSSR count). The van der Waals surface area contributed by atoms with Gasteiger partial charge in [-0.3, -0.25) is 0 Å². The van der Waals surface area contributed by atoms with Gasteiger partial charge in [-0.05, 0) is 49.3 Å². The first-order valence-corrected chi connectivity index (χ1v) is 8.72. The summed E-state index contributed by atoms with van der Waals surface area (Å²) in [6.07, 6.45) is 1.17. The van der Waals surface area contributed by atoms with E-state index >= 15 is 0 Å². The van der Waals surface area contributed by atoms with Crippen LogP contribution in [0.15, 0.2) is 18.2 Å². The fourth-order valence-electron chi connectivity index (χ4n) is 3.04. The standard InChI is InChI=1S/C17H28N4S/c1-14-11-15(2)13-16(12-14)19-17(22)18-5-4-6-21-9-7-20(3)8-10-21/h11-13H,4-10H2,1-3H3,(H2,18,19,22)/p+2. The van der Waals surface area contributed by atoms with Crippen molar-refractivity contribution in [2.24, 2.45) is 0 Å². The number of benzene rings is 1. The number of aryl methyl sites for hydroxylation is 2. The monoisotopic (exact) mass is 322 g/mol. The molecule has 0 spiro atoms. The number of thiocarbonyl (C=S) groups is 1. The number of piperazine rings is 1. The van der Waals surface area contributed by atoms with E-state index in [4.69, 9.17) is 12.2 Å². The molecule has 1 aliphatic rings. The molecule has 0 atom stereocenters. The van der Waals surface area contributed by atoms with Gasteiger partial charge in [-0.15, -0.1) is 0 Å². The summed E-state index contributed by atoms with van der Waals surface area (Å²) in [6.45, 7) is 11.6. The summed E-state index contributed by atoms with van der Waals surface area (Å²) in [7, 11) is 2.29. The SMILES string of the molecule is Cc1cc(C)cc(NC(=S)NCCC[NH+]2CC[NH+](C)CC2)c1. The fourth-order valence-corrected chi connectivity index (χ4v) is 3.26. The largest absolute Gasteiger partial charge is 0.362 e. The summed E-state index contributed by atoms with van der Waals surface area (Å²) >= 11 is 5.38. The smallest absolute Gasteiger partial charge is 0.170 e. The minimum Gasteiger partial charge on any atom is -0.362 e. The lowest BCUT2D eigenvalue weighted by Gasteiger charge is -2.27. The van der Waals surface area contributed by atoms with E-state index in [0.717, 1.165) is 17.3 Å². The van der Waals surface area contributed by atoms with Gasteiger partial charge in [-0.1, -0.05) is 6.07 Å². The summed E-state index contributed by atoms with van der Waals surface area (Å²) in [5.74, 6) is 0. The number of rotatable bonds is 5. The van der Waals surface area contributed by atoms with Crippen molar-refractivity contribution < 1.29 is 9.80 Å². The third kappa shape index (κ3) is 5.91. The molecular formula is C17H30N4S+2. The molecule has 0 saturated carbocycles. The molecule has 1 fully saturated rings. The summed E-state index contributed by atoms with van der Waals surface area (Å²) < 4.78 is 0. The molecule has 0 bridgehead atoms. The van der Waals surface area contributed by atoms with Crippen LogP contribution in [0.4, 0.5) is 5.69 Å².